The summed E-state index contributed by atoms with van der Waals surface area (Å²) in [4.78, 5) is 4.50. The van der Waals surface area contributed by atoms with Crippen LogP contribution < -0.4 is 10.6 Å². The number of nitrogens with zero attached hydrogens (tertiary/aromatic N) is 1. The van der Waals surface area contributed by atoms with Gasteiger partial charge in [0.1, 0.15) is 5.82 Å². The summed E-state index contributed by atoms with van der Waals surface area (Å²) >= 11 is 0. The van der Waals surface area contributed by atoms with E-state index < -0.39 is 0 Å². The molecule has 22 heavy (non-hydrogen) atoms. The van der Waals surface area contributed by atoms with Crippen molar-refractivity contribution in [3.05, 3.63) is 71.0 Å². The third-order valence-corrected chi connectivity index (χ3v) is 3.36. The minimum atomic E-state index is -0.231. The first-order chi connectivity index (χ1) is 10.7. The molecule has 4 heteroatoms. The van der Waals surface area contributed by atoms with Gasteiger partial charge in [0.05, 0.1) is 6.54 Å². The van der Waals surface area contributed by atoms with Crippen LogP contribution in [0, 0.1) is 12.7 Å². The average Bonchev–Trinajstić information content (AvgIpc) is 2.51. The topological polar surface area (TPSA) is 36.4 Å². The molecule has 0 aliphatic carbocycles. The summed E-state index contributed by atoms with van der Waals surface area (Å²) < 4.78 is 13.2. The Labute approximate surface area is 131 Å². The van der Waals surface area contributed by atoms with Crippen molar-refractivity contribution in [3.8, 4) is 0 Å². The minimum absolute atomic E-state index is 0.231. The van der Waals surface area contributed by atoms with E-state index in [1.165, 1.54) is 23.3 Å². The number of aryl methyl sites for hydroxylation is 1. The molecule has 2 aromatic rings. The molecule has 0 aliphatic heterocycles. The fourth-order valence-electron chi connectivity index (χ4n) is 2.13. The number of halogens is 1. The van der Waals surface area contributed by atoms with Crippen LogP contribution in [0.5, 0.6) is 0 Å². The third kappa shape index (κ3) is 4.88. The molecule has 0 heterocycles. The standard InChI is InChI=1S/C18H22FN3/c1-3-20-18(21-12-15-8-6-10-17(19)11-15)22-13-16-9-5-4-7-14(16)2/h4-11H,3,12-13H2,1-2H3,(H2,20,21,22). The highest BCUT2D eigenvalue weighted by Crippen LogP contribution is 2.07. The van der Waals surface area contributed by atoms with Crippen LogP contribution in [0.15, 0.2) is 53.5 Å². The smallest absolute Gasteiger partial charge is 0.191 e. The second-order valence-corrected chi connectivity index (χ2v) is 5.11. The Morgan fingerprint density at radius 2 is 1.91 bits per heavy atom. The Hall–Kier alpha value is -2.36. The van der Waals surface area contributed by atoms with Gasteiger partial charge < -0.3 is 10.6 Å². The lowest BCUT2D eigenvalue weighted by atomic mass is 10.1. The predicted octanol–water partition coefficient (Wildman–Crippen LogP) is 3.39. The number of rotatable bonds is 5. The molecule has 2 rings (SSSR count). The molecule has 0 aliphatic rings. The highest BCUT2D eigenvalue weighted by Gasteiger charge is 2.01. The van der Waals surface area contributed by atoms with Gasteiger partial charge in [-0.1, -0.05) is 36.4 Å². The fourth-order valence-corrected chi connectivity index (χ4v) is 2.13. The Morgan fingerprint density at radius 1 is 1.09 bits per heavy atom. The number of guanidine groups is 1. The van der Waals surface area contributed by atoms with Gasteiger partial charge in [-0.3, -0.25) is 0 Å². The summed E-state index contributed by atoms with van der Waals surface area (Å²) in [6.45, 7) is 6.05. The maximum atomic E-state index is 13.2. The van der Waals surface area contributed by atoms with Gasteiger partial charge >= 0.3 is 0 Å². The number of hydrogen-bond donors (Lipinski definition) is 2. The molecule has 2 aromatic carbocycles. The van der Waals surface area contributed by atoms with Crippen LogP contribution in [-0.4, -0.2) is 12.5 Å². The van der Waals surface area contributed by atoms with Crippen LogP contribution in [0.4, 0.5) is 4.39 Å². The summed E-state index contributed by atoms with van der Waals surface area (Å²) in [7, 11) is 0. The summed E-state index contributed by atoms with van der Waals surface area (Å²) in [5, 5.41) is 6.51. The van der Waals surface area contributed by atoms with E-state index in [0.717, 1.165) is 18.1 Å². The van der Waals surface area contributed by atoms with Gasteiger partial charge in [-0.2, -0.15) is 0 Å². The van der Waals surface area contributed by atoms with E-state index in [4.69, 9.17) is 0 Å². The molecular formula is C18H22FN3. The first kappa shape index (κ1) is 16.0. The lowest BCUT2D eigenvalue weighted by Crippen LogP contribution is -2.36. The zero-order chi connectivity index (χ0) is 15.8. The van der Waals surface area contributed by atoms with E-state index in [2.05, 4.69) is 34.7 Å². The van der Waals surface area contributed by atoms with Crippen molar-refractivity contribution in [1.82, 2.24) is 10.6 Å². The Balaban J connectivity index is 2.00. The highest BCUT2D eigenvalue weighted by molar-refractivity contribution is 5.79. The molecule has 0 aromatic heterocycles. The number of aliphatic imine (C=N–C) groups is 1. The van der Waals surface area contributed by atoms with Gasteiger partial charge in [0.2, 0.25) is 0 Å². The van der Waals surface area contributed by atoms with Crippen LogP contribution in [-0.2, 0) is 13.1 Å². The summed E-state index contributed by atoms with van der Waals surface area (Å²) in [5.41, 5.74) is 3.34. The molecule has 0 saturated heterocycles. The second kappa shape index (κ2) is 8.17. The molecular weight excluding hydrogens is 277 g/mol. The van der Waals surface area contributed by atoms with E-state index in [9.17, 15) is 4.39 Å². The number of benzene rings is 2. The van der Waals surface area contributed by atoms with Gasteiger partial charge in [-0.25, -0.2) is 9.38 Å². The van der Waals surface area contributed by atoms with Crippen LogP contribution in [0.25, 0.3) is 0 Å². The maximum Gasteiger partial charge on any atom is 0.191 e. The predicted molar refractivity (Wildman–Crippen MR) is 89.2 cm³/mol. The molecule has 0 unspecified atom stereocenters. The summed E-state index contributed by atoms with van der Waals surface area (Å²) in [6, 6.07) is 14.8. The largest absolute Gasteiger partial charge is 0.357 e. The first-order valence-electron chi connectivity index (χ1n) is 7.50. The Kier molecular flexibility index (Phi) is 5.95. The van der Waals surface area contributed by atoms with Gasteiger partial charge in [-0.05, 0) is 42.7 Å². The van der Waals surface area contributed by atoms with Crippen molar-refractivity contribution in [2.24, 2.45) is 4.99 Å². The minimum Gasteiger partial charge on any atom is -0.357 e. The average molecular weight is 299 g/mol. The van der Waals surface area contributed by atoms with Crippen molar-refractivity contribution < 1.29 is 4.39 Å². The Bertz CT molecular complexity index is 638. The van der Waals surface area contributed by atoms with Crippen LogP contribution in [0.1, 0.15) is 23.6 Å². The molecule has 0 atom stereocenters. The quantitative estimate of drug-likeness (QED) is 0.656. The van der Waals surface area contributed by atoms with Crippen LogP contribution in [0.2, 0.25) is 0 Å². The summed E-state index contributed by atoms with van der Waals surface area (Å²) in [5.74, 6) is 0.501. The van der Waals surface area contributed by atoms with Gasteiger partial charge in [0, 0.05) is 13.1 Å². The number of hydrogen-bond acceptors (Lipinski definition) is 1. The van der Waals surface area contributed by atoms with Gasteiger partial charge in [0.15, 0.2) is 5.96 Å². The normalized spacial score (nSPS) is 11.3. The lowest BCUT2D eigenvalue weighted by Gasteiger charge is -2.12. The van der Waals surface area contributed by atoms with Gasteiger partial charge in [0.25, 0.3) is 0 Å². The van der Waals surface area contributed by atoms with Crippen molar-refractivity contribution in [1.29, 1.82) is 0 Å². The van der Waals surface area contributed by atoms with Crippen molar-refractivity contribution in [2.75, 3.05) is 6.54 Å². The van der Waals surface area contributed by atoms with E-state index >= 15 is 0 Å². The molecule has 0 radical (unpaired) electrons. The molecule has 3 nitrogen and oxygen atoms in total. The molecule has 2 N–H and O–H groups in total. The van der Waals surface area contributed by atoms with Crippen LogP contribution in [0.3, 0.4) is 0 Å². The monoisotopic (exact) mass is 299 g/mol. The van der Waals surface area contributed by atoms with Gasteiger partial charge in [-0.15, -0.1) is 0 Å². The van der Waals surface area contributed by atoms with Crippen molar-refractivity contribution >= 4 is 5.96 Å². The van der Waals surface area contributed by atoms with Crippen LogP contribution >= 0.6 is 0 Å². The second-order valence-electron chi connectivity index (χ2n) is 5.11. The summed E-state index contributed by atoms with van der Waals surface area (Å²) in [6.07, 6.45) is 0. The highest BCUT2D eigenvalue weighted by atomic mass is 19.1. The molecule has 0 bridgehead atoms. The number of nitrogens with one attached hydrogen (secondary N) is 2. The molecule has 0 amide bonds. The zero-order valence-electron chi connectivity index (χ0n) is 13.1. The van der Waals surface area contributed by atoms with E-state index in [1.807, 2.05) is 25.1 Å². The maximum absolute atomic E-state index is 13.2. The third-order valence-electron chi connectivity index (χ3n) is 3.36. The van der Waals surface area contributed by atoms with Crippen molar-refractivity contribution in [3.63, 3.8) is 0 Å². The van der Waals surface area contributed by atoms with E-state index in [0.29, 0.717) is 13.1 Å². The molecule has 0 saturated carbocycles. The van der Waals surface area contributed by atoms with E-state index in [1.54, 1.807) is 6.07 Å². The SMILES string of the molecule is CCNC(=NCc1cccc(F)c1)NCc1ccccc1C. The lowest BCUT2D eigenvalue weighted by molar-refractivity contribution is 0.625. The molecule has 0 spiro atoms. The van der Waals surface area contributed by atoms with E-state index in [-0.39, 0.29) is 5.82 Å². The zero-order valence-corrected chi connectivity index (χ0v) is 13.1. The fraction of sp³-hybridized carbons (Fsp3) is 0.278. The first-order valence-corrected chi connectivity index (χ1v) is 7.50. The Morgan fingerprint density at radius 3 is 2.64 bits per heavy atom. The molecule has 0 fully saturated rings. The molecule has 116 valence electrons. The van der Waals surface area contributed by atoms with Crippen molar-refractivity contribution in [2.45, 2.75) is 26.9 Å².